The number of benzene rings is 2. The van der Waals surface area contributed by atoms with E-state index < -0.39 is 32.1 Å². The van der Waals surface area contributed by atoms with Gasteiger partial charge in [0.2, 0.25) is 5.28 Å². The van der Waals surface area contributed by atoms with Crippen molar-refractivity contribution < 1.29 is 27.9 Å². The van der Waals surface area contributed by atoms with Crippen LogP contribution >= 0.6 is 19.3 Å². The maximum absolute atomic E-state index is 14.0. The molecule has 0 spiro atoms. The number of nitrogen functional groups attached to an aromatic ring is 1. The van der Waals surface area contributed by atoms with Crippen molar-refractivity contribution in [2.45, 2.75) is 45.1 Å². The highest BCUT2D eigenvalue weighted by molar-refractivity contribution is 7.52. The molecule has 2 aromatic heterocycles. The third-order valence-electron chi connectivity index (χ3n) is 6.23. The van der Waals surface area contributed by atoms with Gasteiger partial charge in [0.25, 0.3) is 0 Å². The van der Waals surface area contributed by atoms with Crippen molar-refractivity contribution in [3.05, 3.63) is 54.1 Å². The number of aromatic nitrogens is 4. The van der Waals surface area contributed by atoms with Gasteiger partial charge in [0.15, 0.2) is 17.0 Å². The third kappa shape index (κ3) is 5.85. The molecule has 1 saturated heterocycles. The van der Waals surface area contributed by atoms with Gasteiger partial charge in [-0.05, 0) is 49.7 Å². The van der Waals surface area contributed by atoms with Crippen LogP contribution in [0, 0.1) is 0 Å². The minimum atomic E-state index is -4.08. The van der Waals surface area contributed by atoms with Crippen molar-refractivity contribution in [2.75, 3.05) is 18.9 Å². The Morgan fingerprint density at radius 1 is 1.26 bits per heavy atom. The first-order valence-electron chi connectivity index (χ1n) is 12.4. The van der Waals surface area contributed by atoms with Gasteiger partial charge in [-0.3, -0.25) is 13.9 Å². The predicted octanol–water partition coefficient (Wildman–Crippen LogP) is 4.64. The predicted molar refractivity (Wildman–Crippen MR) is 145 cm³/mol. The lowest BCUT2D eigenvalue weighted by Gasteiger charge is -2.24. The van der Waals surface area contributed by atoms with Crippen molar-refractivity contribution in [3.63, 3.8) is 0 Å². The zero-order valence-electron chi connectivity index (χ0n) is 21.3. The van der Waals surface area contributed by atoms with Gasteiger partial charge in [-0.2, -0.15) is 5.09 Å². The Morgan fingerprint density at radius 3 is 2.87 bits per heavy atom. The number of fused-ring (bicyclic) bond motifs is 2. The Hall–Kier alpha value is -3.28. The second kappa shape index (κ2) is 11.4. The van der Waals surface area contributed by atoms with Crippen LogP contribution in [0.25, 0.3) is 21.9 Å². The van der Waals surface area contributed by atoms with E-state index >= 15 is 0 Å². The highest BCUT2D eigenvalue weighted by Crippen LogP contribution is 2.47. The number of nitrogens with zero attached hydrogens (tertiary/aromatic N) is 4. The van der Waals surface area contributed by atoms with Crippen molar-refractivity contribution in [1.29, 1.82) is 0 Å². The molecule has 5 rings (SSSR count). The summed E-state index contributed by atoms with van der Waals surface area (Å²) in [6.07, 6.45) is 1.54. The van der Waals surface area contributed by atoms with Gasteiger partial charge < -0.3 is 19.7 Å². The number of imidazole rings is 1. The summed E-state index contributed by atoms with van der Waals surface area (Å²) in [6.45, 7) is 3.32. The normalized spacial score (nSPS) is 19.7. The molecule has 2 aromatic carbocycles. The zero-order valence-corrected chi connectivity index (χ0v) is 23.0. The Bertz CT molecular complexity index is 1550. The number of anilines is 1. The molecule has 206 valence electrons. The molecule has 1 unspecified atom stereocenters. The molecule has 1 fully saturated rings. The van der Waals surface area contributed by atoms with Gasteiger partial charge in [-0.15, -0.1) is 0 Å². The molecule has 0 aliphatic carbocycles. The number of esters is 1. The Balaban J connectivity index is 1.34. The summed E-state index contributed by atoms with van der Waals surface area (Å²) in [4.78, 5) is 24.7. The minimum absolute atomic E-state index is 0.0809. The molecule has 4 aromatic rings. The van der Waals surface area contributed by atoms with Crippen LogP contribution in [-0.4, -0.2) is 50.8 Å². The molecule has 1 aliphatic rings. The topological polar surface area (TPSA) is 153 Å². The van der Waals surface area contributed by atoms with Crippen molar-refractivity contribution in [2.24, 2.45) is 0 Å². The summed E-state index contributed by atoms with van der Waals surface area (Å²) in [6, 6.07) is 12.0. The molecular weight excluding hydrogens is 547 g/mol. The smallest absolute Gasteiger partial charge is 0.459 e. The van der Waals surface area contributed by atoms with E-state index in [1.54, 1.807) is 23.6 Å². The molecule has 4 atom stereocenters. The molecule has 39 heavy (non-hydrogen) atoms. The van der Waals surface area contributed by atoms with Gasteiger partial charge in [-0.25, -0.2) is 19.5 Å². The lowest BCUT2D eigenvalue weighted by Crippen LogP contribution is -2.35. The van der Waals surface area contributed by atoms with Crippen molar-refractivity contribution in [3.8, 4) is 5.75 Å². The van der Waals surface area contributed by atoms with E-state index in [1.807, 2.05) is 30.3 Å². The van der Waals surface area contributed by atoms with Crippen LogP contribution in [0.15, 0.2) is 48.8 Å². The molecule has 12 nitrogen and oxygen atoms in total. The van der Waals surface area contributed by atoms with Gasteiger partial charge >= 0.3 is 13.7 Å². The summed E-state index contributed by atoms with van der Waals surface area (Å²) in [5.41, 5.74) is 6.74. The largest absolute Gasteiger partial charge is 0.465 e. The SMILES string of the molecule is CCOC(=O)[C@H](C)NP(=O)(OC[C@@H]1CC[C@H](n2c(Cl)nc3c(N)ncnc32)O1)Oc1cccc2ccccc12. The molecule has 3 N–H and O–H groups in total. The second-order valence-corrected chi connectivity index (χ2v) is 11.0. The molecule has 0 radical (unpaired) electrons. The van der Waals surface area contributed by atoms with E-state index in [9.17, 15) is 9.36 Å². The van der Waals surface area contributed by atoms with Crippen LogP contribution in [0.1, 0.15) is 32.9 Å². The molecule has 0 bridgehead atoms. The van der Waals surface area contributed by atoms with Gasteiger partial charge in [0, 0.05) is 5.39 Å². The summed E-state index contributed by atoms with van der Waals surface area (Å²) in [7, 11) is -4.08. The second-order valence-electron chi connectivity index (χ2n) is 8.94. The van der Waals surface area contributed by atoms with Gasteiger partial charge in [0.05, 0.1) is 19.3 Å². The maximum atomic E-state index is 14.0. The summed E-state index contributed by atoms with van der Waals surface area (Å²) < 4.78 is 38.7. The molecule has 3 heterocycles. The van der Waals surface area contributed by atoms with E-state index in [2.05, 4.69) is 20.0 Å². The van der Waals surface area contributed by atoms with Crippen LogP contribution in [0.4, 0.5) is 5.82 Å². The standard InChI is InChI=1S/C25H28ClN6O6P/c1-3-35-24(33)15(2)31-39(34,38-19-10-6-8-16-7-4-5-9-18(16)19)36-13-17-11-12-20(37-17)32-23-21(30-25(32)26)22(27)28-14-29-23/h4-10,14-15,17,20H,3,11-13H2,1-2H3,(H,31,34)(H2,27,28,29)/t15-,17-,20+,39?/m0/s1. The van der Waals surface area contributed by atoms with Crippen molar-refractivity contribution >= 4 is 53.1 Å². The zero-order chi connectivity index (χ0) is 27.6. The van der Waals surface area contributed by atoms with E-state index in [0.717, 1.165) is 10.8 Å². The lowest BCUT2D eigenvalue weighted by molar-refractivity contribution is -0.144. The average Bonchev–Trinajstić information content (AvgIpc) is 3.52. The van der Waals surface area contributed by atoms with Crippen LogP contribution in [0.3, 0.4) is 0 Å². The maximum Gasteiger partial charge on any atom is 0.459 e. The van der Waals surface area contributed by atoms with E-state index in [4.69, 9.17) is 35.9 Å². The molecule has 0 amide bonds. The first-order valence-corrected chi connectivity index (χ1v) is 14.4. The average molecular weight is 575 g/mol. The van der Waals surface area contributed by atoms with Crippen LogP contribution in [0.5, 0.6) is 5.75 Å². The number of carbonyl (C=O) groups excluding carboxylic acids is 1. The van der Waals surface area contributed by atoms with E-state index in [-0.39, 0.29) is 24.3 Å². The first kappa shape index (κ1) is 27.3. The molecular formula is C25H28ClN6O6P. The number of carbonyl (C=O) groups is 1. The highest BCUT2D eigenvalue weighted by atomic mass is 35.5. The Labute approximate surface area is 229 Å². The number of hydrogen-bond acceptors (Lipinski definition) is 10. The van der Waals surface area contributed by atoms with Crippen LogP contribution in [0.2, 0.25) is 5.28 Å². The van der Waals surface area contributed by atoms with Gasteiger partial charge in [0.1, 0.15) is 24.3 Å². The third-order valence-corrected chi connectivity index (χ3v) is 8.12. The molecule has 1 aliphatic heterocycles. The number of nitrogens with one attached hydrogen (secondary N) is 1. The fourth-order valence-electron chi connectivity index (χ4n) is 4.39. The number of rotatable bonds is 10. The van der Waals surface area contributed by atoms with Crippen LogP contribution < -0.4 is 15.3 Å². The van der Waals surface area contributed by atoms with Crippen molar-refractivity contribution in [1.82, 2.24) is 24.6 Å². The molecule has 0 saturated carbocycles. The number of ether oxygens (including phenoxy) is 2. The number of hydrogen-bond donors (Lipinski definition) is 2. The highest BCUT2D eigenvalue weighted by Gasteiger charge is 2.36. The summed E-state index contributed by atoms with van der Waals surface area (Å²) in [5.74, 6) is -0.0195. The lowest BCUT2D eigenvalue weighted by atomic mass is 10.1. The van der Waals surface area contributed by atoms with E-state index in [1.165, 1.54) is 13.3 Å². The fraction of sp³-hybridized carbons (Fsp3) is 0.360. The molecule has 14 heteroatoms. The Morgan fingerprint density at radius 2 is 2.05 bits per heavy atom. The monoisotopic (exact) mass is 574 g/mol. The summed E-state index contributed by atoms with van der Waals surface area (Å²) in [5, 5.41) is 4.52. The van der Waals surface area contributed by atoms with E-state index in [0.29, 0.717) is 29.8 Å². The van der Waals surface area contributed by atoms with Crippen LogP contribution in [-0.2, 0) is 23.4 Å². The quantitative estimate of drug-likeness (QED) is 0.155. The minimum Gasteiger partial charge on any atom is -0.465 e. The summed E-state index contributed by atoms with van der Waals surface area (Å²) >= 11 is 6.37. The first-order chi connectivity index (χ1) is 18.8. The fourth-order valence-corrected chi connectivity index (χ4v) is 6.20. The number of halogens is 1. The van der Waals surface area contributed by atoms with Gasteiger partial charge in [-0.1, -0.05) is 36.4 Å². The number of nitrogens with two attached hydrogens (primary N) is 1. The Kier molecular flexibility index (Phi) is 8.01.